The van der Waals surface area contributed by atoms with Gasteiger partial charge in [-0.15, -0.1) is 0 Å². The maximum absolute atomic E-state index is 8.42. The zero-order valence-corrected chi connectivity index (χ0v) is 17.4. The van der Waals surface area contributed by atoms with Crippen molar-refractivity contribution in [1.29, 1.82) is 0 Å². The molecule has 0 unspecified atom stereocenters. The molecule has 0 amide bonds. The van der Waals surface area contributed by atoms with Crippen molar-refractivity contribution in [1.82, 2.24) is 0 Å². The average Bonchev–Trinajstić information content (AvgIpc) is 1.25. The molecule has 0 bridgehead atoms. The van der Waals surface area contributed by atoms with Crippen molar-refractivity contribution in [3.63, 3.8) is 0 Å². The fourth-order valence-electron chi connectivity index (χ4n) is 0. The van der Waals surface area contributed by atoms with E-state index in [1.807, 2.05) is 0 Å². The third kappa shape index (κ3) is 985. The van der Waals surface area contributed by atoms with Gasteiger partial charge >= 0.3 is 113 Å². The minimum atomic E-state index is -2.92. The molecule has 0 saturated carbocycles. The maximum atomic E-state index is 8.42. The molecule has 20 N–H and O–H groups in total. The summed E-state index contributed by atoms with van der Waals surface area (Å²) in [7, 11) is -5.83. The van der Waals surface area contributed by atoms with E-state index in [4.69, 9.17) is 30.1 Å². The third-order valence-corrected chi connectivity index (χ3v) is 0. The number of hydrogen-bond donors (Lipinski definition) is 0. The van der Waals surface area contributed by atoms with Gasteiger partial charge in [0, 0.05) is 0 Å². The van der Waals surface area contributed by atoms with Gasteiger partial charge < -0.3 is 84.9 Å². The van der Waals surface area contributed by atoms with Crippen molar-refractivity contribution in [3.05, 3.63) is 0 Å². The molecule has 16 nitrogen and oxygen atoms in total. The maximum Gasteiger partial charge on any atom is 2.00 e. The van der Waals surface area contributed by atoms with Gasteiger partial charge in [0.2, 0.25) is 0 Å². The second kappa shape index (κ2) is 134. The molecular weight excluding hydrogens is 398 g/mol. The summed E-state index contributed by atoms with van der Waals surface area (Å²) in [5, 5.41) is 50.5. The number of hydrogen-bond acceptors (Lipinski definition) is 6. The van der Waals surface area contributed by atoms with Crippen LogP contribution in [-0.4, -0.2) is 183 Å². The SMILES string of the molecule is O.O.O.O.O.O.O.O.O.O.[Ca+2].[Ca+2].[Ca+2].[O-]B([O-])[O-].[O-]B([O-])[O-]. The molecule has 0 aliphatic heterocycles. The van der Waals surface area contributed by atoms with Crippen LogP contribution in [0.2, 0.25) is 0 Å². The summed E-state index contributed by atoms with van der Waals surface area (Å²) < 4.78 is 0. The van der Waals surface area contributed by atoms with Crippen molar-refractivity contribution in [2.45, 2.75) is 0 Å². The van der Waals surface area contributed by atoms with Crippen LogP contribution in [0, 0.1) is 0 Å². The Bertz CT molecular complexity index is 37.0. The first kappa shape index (κ1) is 153. The molecule has 21 heavy (non-hydrogen) atoms. The normalized spacial score (nSPS) is 2.57. The fourth-order valence-corrected chi connectivity index (χ4v) is 0. The van der Waals surface area contributed by atoms with E-state index >= 15 is 0 Å². The topological polar surface area (TPSA) is 453 Å². The fraction of sp³-hybridized carbons (Fsp3) is 0. The van der Waals surface area contributed by atoms with Gasteiger partial charge in [-0.1, -0.05) is 0 Å². The van der Waals surface area contributed by atoms with Crippen molar-refractivity contribution < 1.29 is 84.9 Å². The quantitative estimate of drug-likeness (QED) is 0.343. The molecule has 0 aliphatic rings. The summed E-state index contributed by atoms with van der Waals surface area (Å²) in [5.74, 6) is 0. The van der Waals surface area contributed by atoms with Crippen LogP contribution in [0.5, 0.6) is 0 Å². The molecule has 0 radical (unpaired) electrons. The van der Waals surface area contributed by atoms with E-state index in [9.17, 15) is 0 Å². The predicted octanol–water partition coefficient (Wildman–Crippen LogP) is -17.3. The average molecular weight is 418 g/mol. The van der Waals surface area contributed by atoms with Gasteiger partial charge in [0.25, 0.3) is 0 Å². The largest absolute Gasteiger partial charge is 2.00 e. The first-order valence-electron chi connectivity index (χ1n) is 1.41. The summed E-state index contributed by atoms with van der Waals surface area (Å²) in [6, 6.07) is 0. The van der Waals surface area contributed by atoms with Gasteiger partial charge in [-0.25, -0.2) is 0 Å². The van der Waals surface area contributed by atoms with Crippen LogP contribution >= 0.6 is 0 Å². The Balaban J connectivity index is -0.00000000163. The first-order chi connectivity index (χ1) is 3.46. The Kier molecular flexibility index (Phi) is 978. The molecule has 0 rings (SSSR count). The van der Waals surface area contributed by atoms with Gasteiger partial charge in [-0.05, 0) is 0 Å². The summed E-state index contributed by atoms with van der Waals surface area (Å²) >= 11 is 0. The van der Waals surface area contributed by atoms with Crippen molar-refractivity contribution >= 4 is 128 Å². The Labute approximate surface area is 209 Å². The van der Waals surface area contributed by atoms with Crippen LogP contribution in [0.15, 0.2) is 0 Å². The molecule has 0 atom stereocenters. The first-order valence-corrected chi connectivity index (χ1v) is 1.41. The van der Waals surface area contributed by atoms with Crippen LogP contribution in [-0.2, 0) is 0 Å². The molecule has 0 heterocycles. The van der Waals surface area contributed by atoms with Crippen molar-refractivity contribution in [3.8, 4) is 0 Å². The molecular formula is H20B2Ca3O16. The standard InChI is InChI=1S/2BO3.3Ca.10H2O/c2*2-1(3)4;;;;;;;;;;;;;/h;;;;;10*1H2/q2*-3;3*+2;;;;;;;;;;. The van der Waals surface area contributed by atoms with Gasteiger partial charge in [0.05, 0.1) is 0 Å². The van der Waals surface area contributed by atoms with E-state index in [1.165, 1.54) is 0 Å². The molecule has 0 aromatic rings. The molecule has 0 spiro atoms. The van der Waals surface area contributed by atoms with Crippen LogP contribution in [0.25, 0.3) is 0 Å². The van der Waals surface area contributed by atoms with Crippen molar-refractivity contribution in [2.75, 3.05) is 0 Å². The Morgan fingerprint density at radius 2 is 0.286 bits per heavy atom. The Hall–Kier alpha value is 3.27. The zero-order chi connectivity index (χ0) is 7.15. The number of rotatable bonds is 0. The van der Waals surface area contributed by atoms with E-state index in [0.717, 1.165) is 0 Å². The predicted molar refractivity (Wildman–Crippen MR) is 64.9 cm³/mol. The summed E-state index contributed by atoms with van der Waals surface area (Å²) in [5.41, 5.74) is 0. The molecule has 21 heteroatoms. The molecule has 128 valence electrons. The van der Waals surface area contributed by atoms with Crippen LogP contribution in [0.3, 0.4) is 0 Å². The van der Waals surface area contributed by atoms with Gasteiger partial charge in [0.15, 0.2) is 0 Å². The van der Waals surface area contributed by atoms with E-state index in [0.29, 0.717) is 0 Å². The minimum absolute atomic E-state index is 0. The minimum Gasteiger partial charge on any atom is -0.907 e. The summed E-state index contributed by atoms with van der Waals surface area (Å²) in [4.78, 5) is 0. The third-order valence-electron chi connectivity index (χ3n) is 0. The van der Waals surface area contributed by atoms with E-state index in [2.05, 4.69) is 0 Å². The zero-order valence-electron chi connectivity index (χ0n) is 10.7. The monoisotopic (exact) mass is 418 g/mol. The van der Waals surface area contributed by atoms with Gasteiger partial charge in [-0.3, -0.25) is 14.6 Å². The van der Waals surface area contributed by atoms with Crippen LogP contribution < -0.4 is 30.1 Å². The van der Waals surface area contributed by atoms with E-state index in [-0.39, 0.29) is 168 Å². The van der Waals surface area contributed by atoms with Crippen LogP contribution in [0.1, 0.15) is 0 Å². The Morgan fingerprint density at radius 3 is 0.286 bits per heavy atom. The van der Waals surface area contributed by atoms with Gasteiger partial charge in [0.1, 0.15) is 0 Å². The summed E-state index contributed by atoms with van der Waals surface area (Å²) in [6.45, 7) is 0. The second-order valence-corrected chi connectivity index (χ2v) is 0.577. The molecule has 0 aliphatic carbocycles. The molecule has 0 aromatic heterocycles. The molecule has 0 saturated heterocycles. The molecule has 0 aromatic carbocycles. The van der Waals surface area contributed by atoms with E-state index < -0.39 is 14.6 Å². The second-order valence-electron chi connectivity index (χ2n) is 0.577. The summed E-state index contributed by atoms with van der Waals surface area (Å²) in [6.07, 6.45) is 0. The smallest absolute Gasteiger partial charge is 0.907 e. The molecule has 0 fully saturated rings. The van der Waals surface area contributed by atoms with Crippen molar-refractivity contribution in [2.24, 2.45) is 0 Å². The van der Waals surface area contributed by atoms with Crippen LogP contribution in [0.4, 0.5) is 0 Å². The van der Waals surface area contributed by atoms with Gasteiger partial charge in [-0.2, -0.15) is 0 Å². The van der Waals surface area contributed by atoms with E-state index in [1.54, 1.807) is 0 Å². The Morgan fingerprint density at radius 1 is 0.286 bits per heavy atom.